The van der Waals surface area contributed by atoms with E-state index in [1.54, 1.807) is 0 Å². The third-order valence-corrected chi connectivity index (χ3v) is 3.94. The van der Waals surface area contributed by atoms with Gasteiger partial charge in [0.1, 0.15) is 0 Å². The van der Waals surface area contributed by atoms with Crippen molar-refractivity contribution in [3.8, 4) is 11.8 Å². The molecule has 0 radical (unpaired) electrons. The molecular formula is C20H14BN. The van der Waals surface area contributed by atoms with Crippen molar-refractivity contribution in [1.82, 2.24) is 0 Å². The molecule has 1 nitrogen and oxygen atoms in total. The number of para-hydroxylation sites is 1. The van der Waals surface area contributed by atoms with Gasteiger partial charge in [-0.25, -0.2) is 0 Å². The van der Waals surface area contributed by atoms with Crippen LogP contribution in [-0.4, -0.2) is 6.85 Å². The SMILES string of the molecule is C(#Cc1ccccc1)C1=CC=CN2B1C=Cc1ccccc12. The minimum absolute atomic E-state index is 0.191. The molecule has 102 valence electrons. The molecular weight excluding hydrogens is 265 g/mol. The molecule has 0 saturated heterocycles. The topological polar surface area (TPSA) is 3.24 Å². The molecule has 0 amide bonds. The van der Waals surface area contributed by atoms with Crippen molar-refractivity contribution in [2.75, 3.05) is 4.81 Å². The van der Waals surface area contributed by atoms with Crippen molar-refractivity contribution in [2.24, 2.45) is 0 Å². The highest BCUT2D eigenvalue weighted by molar-refractivity contribution is 6.78. The van der Waals surface area contributed by atoms with Gasteiger partial charge in [-0.2, -0.15) is 0 Å². The van der Waals surface area contributed by atoms with Crippen molar-refractivity contribution in [2.45, 2.75) is 0 Å². The number of fused-ring (bicyclic) bond motifs is 3. The molecule has 0 aliphatic carbocycles. The lowest BCUT2D eigenvalue weighted by Gasteiger charge is -2.32. The number of hydrogen-bond donors (Lipinski definition) is 0. The van der Waals surface area contributed by atoms with Crippen LogP contribution in [0.5, 0.6) is 0 Å². The fourth-order valence-electron chi connectivity index (χ4n) is 2.85. The van der Waals surface area contributed by atoms with E-state index in [-0.39, 0.29) is 6.85 Å². The highest BCUT2D eigenvalue weighted by atomic mass is 15.1. The first kappa shape index (κ1) is 12.8. The molecule has 2 aromatic carbocycles. The van der Waals surface area contributed by atoms with Crippen LogP contribution >= 0.6 is 0 Å². The van der Waals surface area contributed by atoms with Crippen LogP contribution in [0.25, 0.3) is 6.08 Å². The minimum Gasteiger partial charge on any atom is -0.383 e. The lowest BCUT2D eigenvalue weighted by Crippen LogP contribution is -2.39. The Bertz CT molecular complexity index is 850. The molecule has 2 aromatic rings. The summed E-state index contributed by atoms with van der Waals surface area (Å²) >= 11 is 0. The predicted molar refractivity (Wildman–Crippen MR) is 94.3 cm³/mol. The van der Waals surface area contributed by atoms with E-state index in [4.69, 9.17) is 0 Å². The zero-order chi connectivity index (χ0) is 14.8. The van der Waals surface area contributed by atoms with Gasteiger partial charge < -0.3 is 4.81 Å². The molecule has 2 heteroatoms. The van der Waals surface area contributed by atoms with Crippen LogP contribution < -0.4 is 4.81 Å². The van der Waals surface area contributed by atoms with Gasteiger partial charge in [0.25, 0.3) is 0 Å². The maximum atomic E-state index is 3.33. The fraction of sp³-hybridized carbons (Fsp3) is 0. The van der Waals surface area contributed by atoms with E-state index in [1.807, 2.05) is 30.3 Å². The van der Waals surface area contributed by atoms with Gasteiger partial charge in [0.2, 0.25) is 0 Å². The van der Waals surface area contributed by atoms with Crippen LogP contribution in [0.4, 0.5) is 5.69 Å². The van der Waals surface area contributed by atoms with Crippen molar-refractivity contribution in [3.05, 3.63) is 95.5 Å². The maximum Gasteiger partial charge on any atom is 0.328 e. The van der Waals surface area contributed by atoms with Crippen LogP contribution in [0, 0.1) is 11.8 Å². The van der Waals surface area contributed by atoms with Crippen LogP contribution in [0.2, 0.25) is 0 Å². The van der Waals surface area contributed by atoms with Gasteiger partial charge in [-0.1, -0.05) is 66.4 Å². The fourth-order valence-corrected chi connectivity index (χ4v) is 2.85. The molecule has 0 saturated carbocycles. The van der Waals surface area contributed by atoms with E-state index >= 15 is 0 Å². The molecule has 0 unspecified atom stereocenters. The first-order valence-corrected chi connectivity index (χ1v) is 7.43. The summed E-state index contributed by atoms with van der Waals surface area (Å²) in [7, 11) is 0. The summed E-state index contributed by atoms with van der Waals surface area (Å²) in [5.74, 6) is 8.81. The Kier molecular flexibility index (Phi) is 3.18. The number of hydrogen-bond acceptors (Lipinski definition) is 1. The quantitative estimate of drug-likeness (QED) is 0.518. The summed E-state index contributed by atoms with van der Waals surface area (Å²) in [5.41, 5.74) is 4.65. The Morgan fingerprint density at radius 3 is 2.59 bits per heavy atom. The van der Waals surface area contributed by atoms with E-state index in [1.165, 1.54) is 11.3 Å². The average molecular weight is 279 g/mol. The lowest BCUT2D eigenvalue weighted by atomic mass is 9.51. The molecule has 0 bridgehead atoms. The first-order valence-electron chi connectivity index (χ1n) is 7.43. The standard InChI is InChI=1S/C20H14BN/c1-2-7-17(8-3-1)12-13-19-10-6-16-22-20-11-5-4-9-18(20)14-15-21(19)22/h1-11,14-16H. The lowest BCUT2D eigenvalue weighted by molar-refractivity contribution is 1.35. The Morgan fingerprint density at radius 1 is 0.864 bits per heavy atom. The van der Waals surface area contributed by atoms with Gasteiger partial charge in [-0.15, -0.1) is 0 Å². The summed E-state index contributed by atoms with van der Waals surface area (Å²) in [5, 5.41) is 0. The number of rotatable bonds is 0. The Hall–Kier alpha value is -2.92. The number of nitrogens with zero attached hydrogens (tertiary/aromatic N) is 1. The molecule has 2 aliphatic heterocycles. The molecule has 0 atom stereocenters. The molecule has 4 rings (SSSR count). The number of anilines is 1. The second-order valence-electron chi connectivity index (χ2n) is 5.35. The Labute approximate surface area is 131 Å². The zero-order valence-electron chi connectivity index (χ0n) is 12.1. The van der Waals surface area contributed by atoms with Crippen LogP contribution in [-0.2, 0) is 0 Å². The van der Waals surface area contributed by atoms with Crippen molar-refractivity contribution in [1.29, 1.82) is 0 Å². The Balaban J connectivity index is 1.69. The third-order valence-electron chi connectivity index (χ3n) is 3.94. The van der Waals surface area contributed by atoms with Crippen LogP contribution in [0.1, 0.15) is 11.1 Å². The average Bonchev–Trinajstić information content (AvgIpc) is 2.60. The van der Waals surface area contributed by atoms with E-state index < -0.39 is 0 Å². The van der Waals surface area contributed by atoms with Crippen molar-refractivity contribution < 1.29 is 0 Å². The van der Waals surface area contributed by atoms with Crippen molar-refractivity contribution in [3.63, 3.8) is 0 Å². The normalized spacial score (nSPS) is 14.6. The maximum absolute atomic E-state index is 3.33. The molecule has 2 aliphatic rings. The van der Waals surface area contributed by atoms with E-state index in [2.05, 4.69) is 71.3 Å². The number of benzene rings is 2. The highest BCUT2D eigenvalue weighted by Gasteiger charge is 2.28. The van der Waals surface area contributed by atoms with E-state index in [0.717, 1.165) is 11.0 Å². The molecule has 0 spiro atoms. The Morgan fingerprint density at radius 2 is 1.68 bits per heavy atom. The van der Waals surface area contributed by atoms with Gasteiger partial charge in [0.15, 0.2) is 0 Å². The van der Waals surface area contributed by atoms with Crippen LogP contribution in [0.15, 0.2) is 84.4 Å². The summed E-state index contributed by atoms with van der Waals surface area (Å²) in [4.78, 5) is 2.28. The summed E-state index contributed by atoms with van der Waals surface area (Å²) in [6.45, 7) is 0.191. The van der Waals surface area contributed by atoms with Crippen molar-refractivity contribution >= 4 is 18.6 Å². The third kappa shape index (κ3) is 2.27. The second-order valence-corrected chi connectivity index (χ2v) is 5.35. The molecule has 22 heavy (non-hydrogen) atoms. The number of allylic oxidation sites excluding steroid dienone is 3. The minimum atomic E-state index is 0.191. The molecule has 0 aromatic heterocycles. The molecule has 0 N–H and O–H groups in total. The predicted octanol–water partition coefficient (Wildman–Crippen LogP) is 4.10. The first-order chi connectivity index (χ1) is 10.9. The van der Waals surface area contributed by atoms with Crippen LogP contribution in [0.3, 0.4) is 0 Å². The van der Waals surface area contributed by atoms with Gasteiger partial charge in [-0.05, 0) is 41.5 Å². The van der Waals surface area contributed by atoms with E-state index in [9.17, 15) is 0 Å². The smallest absolute Gasteiger partial charge is 0.328 e. The summed E-state index contributed by atoms with van der Waals surface area (Å²) in [6.07, 6.45) is 8.49. The second kappa shape index (κ2) is 5.46. The highest BCUT2D eigenvalue weighted by Crippen LogP contribution is 2.31. The largest absolute Gasteiger partial charge is 0.383 e. The van der Waals surface area contributed by atoms with E-state index in [0.29, 0.717) is 0 Å². The van der Waals surface area contributed by atoms with Gasteiger partial charge in [-0.3, -0.25) is 0 Å². The summed E-state index contributed by atoms with van der Waals surface area (Å²) in [6, 6.07) is 18.6. The summed E-state index contributed by atoms with van der Waals surface area (Å²) < 4.78 is 0. The zero-order valence-corrected chi connectivity index (χ0v) is 12.1. The monoisotopic (exact) mass is 279 g/mol. The van der Waals surface area contributed by atoms with Gasteiger partial charge >= 0.3 is 6.85 Å². The molecule has 2 heterocycles. The van der Waals surface area contributed by atoms with Gasteiger partial charge in [0, 0.05) is 11.3 Å². The molecule has 0 fully saturated rings. The van der Waals surface area contributed by atoms with Gasteiger partial charge in [0.05, 0.1) is 0 Å².